The molecule has 0 aliphatic carbocycles. The molecule has 0 bridgehead atoms. The molecule has 8 heteroatoms. The fourth-order valence-electron chi connectivity index (χ4n) is 4.02. The first kappa shape index (κ1) is 24.9. The molecule has 188 valence electrons. The quantitative estimate of drug-likeness (QED) is 0.315. The van der Waals surface area contributed by atoms with Crippen molar-refractivity contribution in [3.63, 3.8) is 0 Å². The van der Waals surface area contributed by atoms with E-state index in [0.29, 0.717) is 55.5 Å². The second-order valence-corrected chi connectivity index (χ2v) is 7.97. The van der Waals surface area contributed by atoms with Crippen molar-refractivity contribution in [2.75, 3.05) is 34.0 Å². The predicted octanol–water partition coefficient (Wildman–Crippen LogP) is 4.50. The topological polar surface area (TPSA) is 83.8 Å². The summed E-state index contributed by atoms with van der Waals surface area (Å²) in [4.78, 5) is 17.5. The maximum atomic E-state index is 12.7. The number of fused-ring (bicyclic) bond motifs is 1. The highest BCUT2D eigenvalue weighted by Gasteiger charge is 2.14. The summed E-state index contributed by atoms with van der Waals surface area (Å²) in [6.07, 6.45) is 0.573. The molecule has 8 nitrogen and oxygen atoms in total. The molecule has 0 aliphatic rings. The number of para-hydroxylation sites is 4. The van der Waals surface area contributed by atoms with Gasteiger partial charge in [0.1, 0.15) is 12.4 Å². The summed E-state index contributed by atoms with van der Waals surface area (Å²) in [5.74, 6) is 3.23. The van der Waals surface area contributed by atoms with Gasteiger partial charge in [0, 0.05) is 18.5 Å². The summed E-state index contributed by atoms with van der Waals surface area (Å²) in [7, 11) is 3.11. The van der Waals surface area contributed by atoms with Crippen molar-refractivity contribution < 1.29 is 23.7 Å². The highest BCUT2D eigenvalue weighted by molar-refractivity contribution is 5.94. The largest absolute Gasteiger partial charge is 0.493 e. The number of methoxy groups -OCH3 is 2. The van der Waals surface area contributed by atoms with E-state index in [-0.39, 0.29) is 5.91 Å². The highest BCUT2D eigenvalue weighted by Crippen LogP contribution is 2.28. The minimum absolute atomic E-state index is 0.186. The zero-order valence-electron chi connectivity index (χ0n) is 20.8. The number of nitrogens with one attached hydrogen (secondary N) is 1. The summed E-state index contributed by atoms with van der Waals surface area (Å²) in [6.45, 7) is 4.02. The summed E-state index contributed by atoms with van der Waals surface area (Å²) >= 11 is 0. The van der Waals surface area contributed by atoms with Crippen LogP contribution in [0.5, 0.6) is 23.0 Å². The second-order valence-electron chi connectivity index (χ2n) is 7.97. The lowest BCUT2D eigenvalue weighted by Crippen LogP contribution is -2.26. The van der Waals surface area contributed by atoms with Crippen LogP contribution in [0.3, 0.4) is 0 Å². The van der Waals surface area contributed by atoms with Gasteiger partial charge in [0.15, 0.2) is 23.0 Å². The van der Waals surface area contributed by atoms with Crippen molar-refractivity contribution in [2.45, 2.75) is 19.9 Å². The number of hydrogen-bond donors (Lipinski definition) is 1. The molecule has 0 saturated heterocycles. The average Bonchev–Trinajstić information content (AvgIpc) is 3.26. The number of hydrogen-bond acceptors (Lipinski definition) is 6. The molecule has 1 amide bonds. The fourth-order valence-corrected chi connectivity index (χ4v) is 4.02. The van der Waals surface area contributed by atoms with Gasteiger partial charge in [0.2, 0.25) is 0 Å². The number of amides is 1. The van der Waals surface area contributed by atoms with Gasteiger partial charge < -0.3 is 28.8 Å². The molecule has 0 saturated carbocycles. The zero-order chi connectivity index (χ0) is 25.3. The Morgan fingerprint density at radius 2 is 1.61 bits per heavy atom. The summed E-state index contributed by atoms with van der Waals surface area (Å²) in [5, 5.41) is 2.97. The van der Waals surface area contributed by atoms with E-state index in [1.165, 1.54) is 0 Å². The third-order valence-electron chi connectivity index (χ3n) is 5.73. The van der Waals surface area contributed by atoms with Gasteiger partial charge in [0.05, 0.1) is 38.4 Å². The zero-order valence-corrected chi connectivity index (χ0v) is 20.8. The Labute approximate surface area is 210 Å². The first-order valence-corrected chi connectivity index (χ1v) is 11.9. The van der Waals surface area contributed by atoms with Crippen LogP contribution in [0.15, 0.2) is 66.7 Å². The van der Waals surface area contributed by atoms with Crippen molar-refractivity contribution in [3.8, 4) is 23.0 Å². The highest BCUT2D eigenvalue weighted by atomic mass is 16.5. The van der Waals surface area contributed by atoms with Gasteiger partial charge in [-0.3, -0.25) is 4.79 Å². The molecule has 1 aromatic heterocycles. The van der Waals surface area contributed by atoms with Crippen LogP contribution >= 0.6 is 0 Å². The maximum Gasteiger partial charge on any atom is 0.251 e. The molecule has 1 N–H and O–H groups in total. The van der Waals surface area contributed by atoms with Gasteiger partial charge in [-0.2, -0.15) is 0 Å². The maximum absolute atomic E-state index is 12.7. The number of rotatable bonds is 12. The molecule has 3 aromatic carbocycles. The molecule has 36 heavy (non-hydrogen) atoms. The lowest BCUT2D eigenvalue weighted by atomic mass is 10.2. The number of ether oxygens (including phenoxy) is 4. The lowest BCUT2D eigenvalue weighted by molar-refractivity contribution is 0.0953. The molecule has 0 spiro atoms. The number of benzene rings is 3. The van der Waals surface area contributed by atoms with E-state index in [9.17, 15) is 4.79 Å². The smallest absolute Gasteiger partial charge is 0.251 e. The van der Waals surface area contributed by atoms with Crippen LogP contribution in [0.4, 0.5) is 0 Å². The predicted molar refractivity (Wildman–Crippen MR) is 138 cm³/mol. The average molecular weight is 490 g/mol. The first-order valence-electron chi connectivity index (χ1n) is 11.9. The van der Waals surface area contributed by atoms with E-state index in [1.54, 1.807) is 32.4 Å². The van der Waals surface area contributed by atoms with E-state index in [4.69, 9.17) is 23.9 Å². The Morgan fingerprint density at radius 1 is 0.889 bits per heavy atom. The Hall–Kier alpha value is -4.20. The van der Waals surface area contributed by atoms with Crippen molar-refractivity contribution >= 4 is 16.9 Å². The summed E-state index contributed by atoms with van der Waals surface area (Å²) in [5.41, 5.74) is 2.44. The van der Waals surface area contributed by atoms with Gasteiger partial charge >= 0.3 is 0 Å². The molecular weight excluding hydrogens is 458 g/mol. The van der Waals surface area contributed by atoms with Crippen LogP contribution in [-0.4, -0.2) is 49.4 Å². The molecule has 0 unspecified atom stereocenters. The molecule has 0 aliphatic heterocycles. The summed E-state index contributed by atoms with van der Waals surface area (Å²) < 4.78 is 24.4. The van der Waals surface area contributed by atoms with Gasteiger partial charge in [-0.1, -0.05) is 24.3 Å². The van der Waals surface area contributed by atoms with Gasteiger partial charge in [-0.25, -0.2) is 4.98 Å². The van der Waals surface area contributed by atoms with Crippen LogP contribution in [0.2, 0.25) is 0 Å². The standard InChI is InChI=1S/C28H31N3O5/c1-4-35-24-11-7-8-12-25(24)36-18-17-31-22-10-6-5-9-21(22)30-27(31)15-16-29-28(32)20-13-14-23(33-2)26(19-20)34-3/h5-14,19H,4,15-18H2,1-3H3,(H,29,32). The van der Waals surface area contributed by atoms with E-state index < -0.39 is 0 Å². The third kappa shape index (κ3) is 5.71. The van der Waals surface area contributed by atoms with E-state index in [0.717, 1.165) is 22.6 Å². The van der Waals surface area contributed by atoms with Crippen molar-refractivity contribution in [3.05, 3.63) is 78.1 Å². The van der Waals surface area contributed by atoms with Crippen molar-refractivity contribution in [1.29, 1.82) is 0 Å². The monoisotopic (exact) mass is 489 g/mol. The minimum atomic E-state index is -0.186. The van der Waals surface area contributed by atoms with Crippen LogP contribution in [0.25, 0.3) is 11.0 Å². The molecule has 1 heterocycles. The fraction of sp³-hybridized carbons (Fsp3) is 0.286. The van der Waals surface area contributed by atoms with Crippen LogP contribution in [0, 0.1) is 0 Å². The SMILES string of the molecule is CCOc1ccccc1OCCn1c(CCNC(=O)c2ccc(OC)c(OC)c2)nc2ccccc21. The Morgan fingerprint density at radius 3 is 2.36 bits per heavy atom. The number of carbonyl (C=O) groups is 1. The van der Waals surface area contributed by atoms with E-state index in [2.05, 4.69) is 9.88 Å². The number of aromatic nitrogens is 2. The van der Waals surface area contributed by atoms with Crippen molar-refractivity contribution in [1.82, 2.24) is 14.9 Å². The molecular formula is C28H31N3O5. The lowest BCUT2D eigenvalue weighted by Gasteiger charge is -2.14. The number of nitrogens with zero attached hydrogens (tertiary/aromatic N) is 2. The minimum Gasteiger partial charge on any atom is -0.493 e. The number of carbonyl (C=O) groups excluding carboxylic acids is 1. The Bertz CT molecular complexity index is 1320. The molecule has 4 rings (SSSR count). The normalized spacial score (nSPS) is 10.8. The van der Waals surface area contributed by atoms with Crippen LogP contribution in [0.1, 0.15) is 23.1 Å². The third-order valence-corrected chi connectivity index (χ3v) is 5.73. The van der Waals surface area contributed by atoms with Gasteiger partial charge in [-0.05, 0) is 49.4 Å². The van der Waals surface area contributed by atoms with Crippen molar-refractivity contribution in [2.24, 2.45) is 0 Å². The summed E-state index contributed by atoms with van der Waals surface area (Å²) in [6, 6.07) is 20.8. The first-order chi connectivity index (χ1) is 17.6. The van der Waals surface area contributed by atoms with Crippen LogP contribution < -0.4 is 24.3 Å². The van der Waals surface area contributed by atoms with Gasteiger partial charge in [0.25, 0.3) is 5.91 Å². The molecule has 0 radical (unpaired) electrons. The Kier molecular flexibility index (Phi) is 8.28. The van der Waals surface area contributed by atoms with E-state index in [1.807, 2.05) is 55.5 Å². The van der Waals surface area contributed by atoms with Crippen LogP contribution in [-0.2, 0) is 13.0 Å². The van der Waals surface area contributed by atoms with Gasteiger partial charge in [-0.15, -0.1) is 0 Å². The Balaban J connectivity index is 1.42. The molecule has 4 aromatic rings. The number of imidazole rings is 1. The second kappa shape index (κ2) is 12.0. The molecule has 0 fully saturated rings. The van der Waals surface area contributed by atoms with E-state index >= 15 is 0 Å². The molecule has 0 atom stereocenters.